The normalized spacial score (nSPS) is 10.8. The molecule has 1 heterocycles. The molecule has 110 valence electrons. The second-order valence-corrected chi connectivity index (χ2v) is 5.97. The number of hydrogen-bond donors (Lipinski definition) is 1. The number of amides is 1. The average Bonchev–Trinajstić information content (AvgIpc) is 2.48. The molecule has 0 radical (unpaired) electrons. The van der Waals surface area contributed by atoms with Crippen molar-refractivity contribution in [3.05, 3.63) is 74.5 Å². The zero-order valence-electron chi connectivity index (χ0n) is 11.8. The van der Waals surface area contributed by atoms with E-state index in [0.29, 0.717) is 5.39 Å². The summed E-state index contributed by atoms with van der Waals surface area (Å²) < 4.78 is 2.80. The van der Waals surface area contributed by atoms with Crippen LogP contribution in [-0.2, 0) is 0 Å². The number of carbonyl (C=O) groups excluding carboxylic acids is 1. The molecule has 1 aromatic heterocycles. The van der Waals surface area contributed by atoms with E-state index < -0.39 is 5.91 Å². The lowest BCUT2D eigenvalue weighted by atomic mass is 10.1. The van der Waals surface area contributed by atoms with E-state index >= 15 is 0 Å². The van der Waals surface area contributed by atoms with Gasteiger partial charge in [-0.1, -0.05) is 28.1 Å². The van der Waals surface area contributed by atoms with Crippen LogP contribution in [0.2, 0.25) is 0 Å². The van der Waals surface area contributed by atoms with Crippen molar-refractivity contribution < 1.29 is 4.79 Å². The number of nitrogens with two attached hydrogens (primary N) is 1. The highest BCUT2D eigenvalue weighted by Crippen LogP contribution is 2.23. The molecular formula is C17H13BrN2O2. The van der Waals surface area contributed by atoms with Gasteiger partial charge in [-0.2, -0.15) is 0 Å². The molecule has 0 aliphatic rings. The smallest absolute Gasteiger partial charge is 0.254 e. The minimum absolute atomic E-state index is 0.0129. The van der Waals surface area contributed by atoms with E-state index in [1.807, 2.05) is 41.8 Å². The van der Waals surface area contributed by atoms with Crippen LogP contribution in [0.25, 0.3) is 16.6 Å². The van der Waals surface area contributed by atoms with Gasteiger partial charge >= 0.3 is 0 Å². The second-order valence-electron chi connectivity index (χ2n) is 5.05. The minimum atomic E-state index is -0.723. The number of fused-ring (bicyclic) bond motifs is 1. The molecule has 1 amide bonds. The maximum absolute atomic E-state index is 12.4. The number of benzene rings is 2. The minimum Gasteiger partial charge on any atom is -0.365 e. The molecule has 0 aliphatic heterocycles. The summed E-state index contributed by atoms with van der Waals surface area (Å²) in [6.45, 7) is 1.97. The molecule has 0 unspecified atom stereocenters. The largest absolute Gasteiger partial charge is 0.365 e. The third-order valence-corrected chi connectivity index (χ3v) is 4.09. The molecule has 3 aromatic rings. The van der Waals surface area contributed by atoms with Gasteiger partial charge in [-0.05, 0) is 42.8 Å². The number of aryl methyl sites for hydroxylation is 1. The Balaban J connectivity index is 2.45. The topological polar surface area (TPSA) is 65.1 Å². The van der Waals surface area contributed by atoms with Crippen LogP contribution in [-0.4, -0.2) is 10.5 Å². The molecule has 22 heavy (non-hydrogen) atoms. The molecule has 3 rings (SSSR count). The average molecular weight is 357 g/mol. The molecule has 2 N–H and O–H groups in total. The highest BCUT2D eigenvalue weighted by molar-refractivity contribution is 9.10. The number of primary amides is 1. The van der Waals surface area contributed by atoms with Gasteiger partial charge in [0.1, 0.15) is 5.56 Å². The van der Waals surface area contributed by atoms with Crippen molar-refractivity contribution in [2.45, 2.75) is 6.92 Å². The highest BCUT2D eigenvalue weighted by atomic mass is 79.9. The second kappa shape index (κ2) is 5.42. The van der Waals surface area contributed by atoms with E-state index in [1.54, 1.807) is 12.1 Å². The zero-order chi connectivity index (χ0) is 15.9. The van der Waals surface area contributed by atoms with E-state index in [1.165, 1.54) is 6.20 Å². The van der Waals surface area contributed by atoms with Crippen LogP contribution < -0.4 is 11.2 Å². The lowest BCUT2D eigenvalue weighted by Crippen LogP contribution is -2.24. The Kier molecular flexibility index (Phi) is 3.58. The predicted molar refractivity (Wildman–Crippen MR) is 90.5 cm³/mol. The third kappa shape index (κ3) is 2.33. The summed E-state index contributed by atoms with van der Waals surface area (Å²) in [7, 11) is 0. The summed E-state index contributed by atoms with van der Waals surface area (Å²) >= 11 is 3.43. The fourth-order valence-corrected chi connectivity index (χ4v) is 3.02. The summed E-state index contributed by atoms with van der Waals surface area (Å²) in [6, 6.07) is 13.0. The lowest BCUT2D eigenvalue weighted by Gasteiger charge is -2.15. The van der Waals surface area contributed by atoms with Crippen molar-refractivity contribution >= 4 is 32.7 Å². The van der Waals surface area contributed by atoms with E-state index in [2.05, 4.69) is 15.9 Å². The Morgan fingerprint density at radius 3 is 2.59 bits per heavy atom. The molecule has 0 bridgehead atoms. The third-order valence-electron chi connectivity index (χ3n) is 3.59. The molecule has 4 nitrogen and oxygen atoms in total. The molecular weight excluding hydrogens is 344 g/mol. The number of carbonyl (C=O) groups is 1. The maximum Gasteiger partial charge on any atom is 0.254 e. The van der Waals surface area contributed by atoms with E-state index in [0.717, 1.165) is 21.2 Å². The molecule has 0 saturated heterocycles. The summed E-state index contributed by atoms with van der Waals surface area (Å²) in [5.74, 6) is -0.723. The Hall–Kier alpha value is -2.40. The molecule has 5 heteroatoms. The first kappa shape index (κ1) is 14.5. The first-order chi connectivity index (χ1) is 10.5. The number of halogens is 1. The van der Waals surface area contributed by atoms with Crippen molar-refractivity contribution in [2.24, 2.45) is 5.73 Å². The Morgan fingerprint density at radius 1 is 1.18 bits per heavy atom. The summed E-state index contributed by atoms with van der Waals surface area (Å²) in [4.78, 5) is 24.0. The fraction of sp³-hybridized carbons (Fsp3) is 0.0588. The monoisotopic (exact) mass is 356 g/mol. The van der Waals surface area contributed by atoms with Crippen LogP contribution in [0.1, 0.15) is 15.9 Å². The van der Waals surface area contributed by atoms with Crippen molar-refractivity contribution in [1.82, 2.24) is 4.57 Å². The maximum atomic E-state index is 12.4. The first-order valence-corrected chi connectivity index (χ1v) is 7.49. The van der Waals surface area contributed by atoms with Gasteiger partial charge in [0.15, 0.2) is 0 Å². The van der Waals surface area contributed by atoms with Gasteiger partial charge in [0.2, 0.25) is 5.43 Å². The highest BCUT2D eigenvalue weighted by Gasteiger charge is 2.14. The van der Waals surface area contributed by atoms with Crippen LogP contribution >= 0.6 is 15.9 Å². The molecule has 0 atom stereocenters. The molecule has 0 spiro atoms. The summed E-state index contributed by atoms with van der Waals surface area (Å²) in [6.07, 6.45) is 1.52. The summed E-state index contributed by atoms with van der Waals surface area (Å²) in [5.41, 5.74) is 7.65. The molecule has 0 fully saturated rings. The van der Waals surface area contributed by atoms with E-state index in [-0.39, 0.29) is 11.0 Å². The number of para-hydroxylation sites is 1. The molecule has 0 saturated carbocycles. The van der Waals surface area contributed by atoms with Crippen molar-refractivity contribution in [2.75, 3.05) is 0 Å². The van der Waals surface area contributed by atoms with Gasteiger partial charge in [-0.25, -0.2) is 0 Å². The predicted octanol–water partition coefficient (Wildman–Crippen LogP) is 3.16. The van der Waals surface area contributed by atoms with E-state index in [9.17, 15) is 9.59 Å². The Morgan fingerprint density at radius 2 is 1.91 bits per heavy atom. The van der Waals surface area contributed by atoms with Gasteiger partial charge in [0.25, 0.3) is 5.91 Å². The van der Waals surface area contributed by atoms with Gasteiger partial charge in [0, 0.05) is 21.7 Å². The number of hydrogen-bond acceptors (Lipinski definition) is 2. The first-order valence-electron chi connectivity index (χ1n) is 6.70. The SMILES string of the molecule is Cc1cc(Br)ccc1-n1cc(C(N)=O)c(=O)c2ccccc21. The quantitative estimate of drug-likeness (QED) is 0.766. The van der Waals surface area contributed by atoms with Gasteiger partial charge in [-0.15, -0.1) is 0 Å². The number of pyridine rings is 1. The lowest BCUT2D eigenvalue weighted by molar-refractivity contribution is 0.0999. The Labute approximate surface area is 135 Å². The van der Waals surface area contributed by atoms with Gasteiger partial charge < -0.3 is 10.3 Å². The van der Waals surface area contributed by atoms with Crippen molar-refractivity contribution in [3.8, 4) is 5.69 Å². The van der Waals surface area contributed by atoms with E-state index in [4.69, 9.17) is 5.73 Å². The van der Waals surface area contributed by atoms with Gasteiger partial charge in [0.05, 0.1) is 5.52 Å². The number of rotatable bonds is 2. The van der Waals surface area contributed by atoms with Crippen molar-refractivity contribution in [1.29, 1.82) is 0 Å². The summed E-state index contributed by atoms with van der Waals surface area (Å²) in [5, 5.41) is 0.473. The number of aromatic nitrogens is 1. The van der Waals surface area contributed by atoms with Gasteiger partial charge in [-0.3, -0.25) is 9.59 Å². The molecule has 2 aromatic carbocycles. The Bertz CT molecular complexity index is 961. The van der Waals surface area contributed by atoms with Crippen LogP contribution in [0, 0.1) is 6.92 Å². The number of nitrogens with zero attached hydrogens (tertiary/aromatic N) is 1. The van der Waals surface area contributed by atoms with Crippen LogP contribution in [0.5, 0.6) is 0 Å². The molecule has 0 aliphatic carbocycles. The van der Waals surface area contributed by atoms with Crippen LogP contribution in [0.3, 0.4) is 0 Å². The van der Waals surface area contributed by atoms with Crippen LogP contribution in [0.15, 0.2) is 57.9 Å². The van der Waals surface area contributed by atoms with Crippen LogP contribution in [0.4, 0.5) is 0 Å². The standard InChI is InChI=1S/C17H13BrN2O2/c1-10-8-11(18)6-7-14(10)20-9-13(17(19)22)16(21)12-4-2-3-5-15(12)20/h2-9H,1H3,(H2,19,22). The zero-order valence-corrected chi connectivity index (χ0v) is 13.4. The fourth-order valence-electron chi connectivity index (χ4n) is 2.54. The van der Waals surface area contributed by atoms with Crippen molar-refractivity contribution in [3.63, 3.8) is 0 Å².